The Morgan fingerprint density at radius 3 is 2.45 bits per heavy atom. The molecule has 0 spiro atoms. The van der Waals surface area contributed by atoms with Gasteiger partial charge in [-0.3, -0.25) is 0 Å². The third-order valence-electron chi connectivity index (χ3n) is 10.9. The normalized spacial score (nSPS) is 44.8. The van der Waals surface area contributed by atoms with Crippen LogP contribution in [0.1, 0.15) is 112 Å². The summed E-state index contributed by atoms with van der Waals surface area (Å²) >= 11 is 0. The molecule has 1 heteroatoms. The minimum atomic E-state index is -0.155. The maximum atomic E-state index is 9.80. The van der Waals surface area contributed by atoms with Crippen LogP contribution in [-0.2, 0) is 0 Å². The Hall–Kier alpha value is -0.300. The monoisotopic (exact) mass is 400 g/mol. The predicted octanol–water partition coefficient (Wildman–Crippen LogP) is 7.78. The topological polar surface area (TPSA) is 20.2 Å². The molecule has 0 aliphatic heterocycles. The molecule has 0 heterocycles. The van der Waals surface area contributed by atoms with E-state index >= 15 is 0 Å². The van der Waals surface area contributed by atoms with Gasteiger partial charge >= 0.3 is 0 Å². The Morgan fingerprint density at radius 2 is 1.69 bits per heavy atom. The van der Waals surface area contributed by atoms with Gasteiger partial charge in [-0.2, -0.15) is 0 Å². The summed E-state index contributed by atoms with van der Waals surface area (Å²) in [5.41, 5.74) is 3.09. The van der Waals surface area contributed by atoms with E-state index in [0.717, 1.165) is 29.6 Å². The number of fused-ring (bicyclic) bond motifs is 5. The lowest BCUT2D eigenvalue weighted by atomic mass is 9.48. The summed E-state index contributed by atoms with van der Waals surface area (Å²) in [6, 6.07) is 0. The highest BCUT2D eigenvalue weighted by molar-refractivity contribution is 5.27. The number of aliphatic hydroxyl groups excluding tert-OH is 1. The Morgan fingerprint density at radius 1 is 0.931 bits per heavy atom. The van der Waals surface area contributed by atoms with Crippen molar-refractivity contribution >= 4 is 0 Å². The fourth-order valence-electron chi connectivity index (χ4n) is 8.72. The summed E-state index contributed by atoms with van der Waals surface area (Å²) in [6.07, 6.45) is 19.6. The fraction of sp³-hybridized carbons (Fsp3) is 0.929. The first-order chi connectivity index (χ1) is 13.8. The lowest BCUT2D eigenvalue weighted by Gasteiger charge is -2.57. The SMILES string of the molecule is CC(O)C(C)CCC[C@@H](C)[C@H]1CC[C@H]2C3=CCC4CCCC[C@]4(C)[C@H]3CC[C@]12C. The molecule has 29 heavy (non-hydrogen) atoms. The van der Waals surface area contributed by atoms with E-state index in [0.29, 0.717) is 16.7 Å². The molecule has 0 amide bonds. The fourth-order valence-corrected chi connectivity index (χ4v) is 8.72. The second kappa shape index (κ2) is 8.33. The third-order valence-corrected chi connectivity index (χ3v) is 10.9. The molecule has 1 N–H and O–H groups in total. The van der Waals surface area contributed by atoms with Crippen molar-refractivity contribution in [1.82, 2.24) is 0 Å². The highest BCUT2D eigenvalue weighted by Crippen LogP contribution is 2.66. The molecule has 1 nitrogen and oxygen atoms in total. The molecular weight excluding hydrogens is 352 g/mol. The highest BCUT2D eigenvalue weighted by Gasteiger charge is 2.57. The van der Waals surface area contributed by atoms with Crippen molar-refractivity contribution in [1.29, 1.82) is 0 Å². The Kier molecular flexibility index (Phi) is 6.29. The summed E-state index contributed by atoms with van der Waals surface area (Å²) in [7, 11) is 0. The summed E-state index contributed by atoms with van der Waals surface area (Å²) in [4.78, 5) is 0. The van der Waals surface area contributed by atoms with Crippen molar-refractivity contribution in [2.75, 3.05) is 0 Å². The van der Waals surface area contributed by atoms with Gasteiger partial charge in [0.25, 0.3) is 0 Å². The first-order valence-corrected chi connectivity index (χ1v) is 13.2. The van der Waals surface area contributed by atoms with E-state index in [-0.39, 0.29) is 6.10 Å². The molecule has 0 aromatic rings. The molecule has 3 saturated carbocycles. The molecule has 0 saturated heterocycles. The van der Waals surface area contributed by atoms with Crippen LogP contribution in [0.2, 0.25) is 0 Å². The summed E-state index contributed by atoms with van der Waals surface area (Å²) in [6.45, 7) is 12.1. The van der Waals surface area contributed by atoms with E-state index in [1.165, 1.54) is 77.0 Å². The summed E-state index contributed by atoms with van der Waals surface area (Å²) < 4.78 is 0. The molecule has 4 rings (SSSR count). The average Bonchev–Trinajstić information content (AvgIpc) is 3.04. The van der Waals surface area contributed by atoms with Crippen LogP contribution in [0.4, 0.5) is 0 Å². The van der Waals surface area contributed by atoms with Crippen molar-refractivity contribution < 1.29 is 5.11 Å². The van der Waals surface area contributed by atoms with E-state index in [2.05, 4.69) is 33.8 Å². The summed E-state index contributed by atoms with van der Waals surface area (Å²) in [5, 5.41) is 9.80. The molecular formula is C28H48O. The van der Waals surface area contributed by atoms with Crippen molar-refractivity contribution in [3.8, 4) is 0 Å². The van der Waals surface area contributed by atoms with Crippen molar-refractivity contribution in [2.45, 2.75) is 118 Å². The van der Waals surface area contributed by atoms with E-state index < -0.39 is 0 Å². The van der Waals surface area contributed by atoms with E-state index in [9.17, 15) is 5.11 Å². The van der Waals surface area contributed by atoms with E-state index in [4.69, 9.17) is 0 Å². The van der Waals surface area contributed by atoms with Gasteiger partial charge in [-0.25, -0.2) is 0 Å². The van der Waals surface area contributed by atoms with E-state index in [1.807, 2.05) is 12.5 Å². The van der Waals surface area contributed by atoms with Crippen LogP contribution in [-0.4, -0.2) is 11.2 Å². The van der Waals surface area contributed by atoms with Crippen molar-refractivity contribution in [3.05, 3.63) is 11.6 Å². The standard InChI is InChI=1S/C28H48O/c1-19(21(3)29)9-8-10-20(2)24-14-15-25-23-13-12-22-11-6-7-17-27(22,4)26(23)16-18-28(24,25)5/h13,19-22,24-26,29H,6-12,14-18H2,1-5H3/t19?,20-,21?,22?,24-,25+,26+,27+,28-/m1/s1. The predicted molar refractivity (Wildman–Crippen MR) is 124 cm³/mol. The zero-order valence-corrected chi connectivity index (χ0v) is 20.1. The van der Waals surface area contributed by atoms with Crippen molar-refractivity contribution in [2.24, 2.45) is 46.3 Å². The molecule has 166 valence electrons. The lowest BCUT2D eigenvalue weighted by molar-refractivity contribution is -0.00812. The lowest BCUT2D eigenvalue weighted by Crippen LogP contribution is -2.48. The molecule has 0 bridgehead atoms. The smallest absolute Gasteiger partial charge is 0.0537 e. The Balaban J connectivity index is 1.44. The summed E-state index contributed by atoms with van der Waals surface area (Å²) in [5.74, 6) is 4.95. The van der Waals surface area contributed by atoms with Gasteiger partial charge in [0.1, 0.15) is 0 Å². The second-order valence-electron chi connectivity index (χ2n) is 12.3. The van der Waals surface area contributed by atoms with Crippen LogP contribution >= 0.6 is 0 Å². The van der Waals surface area contributed by atoms with Crippen LogP contribution < -0.4 is 0 Å². The van der Waals surface area contributed by atoms with Crippen LogP contribution in [0.5, 0.6) is 0 Å². The molecule has 0 aromatic heterocycles. The maximum Gasteiger partial charge on any atom is 0.0537 e. The van der Waals surface area contributed by atoms with Gasteiger partial charge in [0.05, 0.1) is 6.10 Å². The maximum absolute atomic E-state index is 9.80. The molecule has 3 fully saturated rings. The second-order valence-corrected chi connectivity index (χ2v) is 12.3. The minimum Gasteiger partial charge on any atom is -0.393 e. The zero-order valence-electron chi connectivity index (χ0n) is 20.1. The first kappa shape index (κ1) is 21.9. The Labute approximate surface area is 181 Å². The van der Waals surface area contributed by atoms with Crippen molar-refractivity contribution in [3.63, 3.8) is 0 Å². The van der Waals surface area contributed by atoms with Gasteiger partial charge in [-0.15, -0.1) is 0 Å². The van der Waals surface area contributed by atoms with Crippen LogP contribution in [0.3, 0.4) is 0 Å². The molecule has 0 aromatic carbocycles. The largest absolute Gasteiger partial charge is 0.393 e. The molecule has 4 aliphatic rings. The third kappa shape index (κ3) is 3.77. The number of hydrogen-bond donors (Lipinski definition) is 1. The minimum absolute atomic E-state index is 0.155. The van der Waals surface area contributed by atoms with Gasteiger partial charge < -0.3 is 5.11 Å². The molecule has 9 atom stereocenters. The van der Waals surface area contributed by atoms with Crippen LogP contribution in [0.25, 0.3) is 0 Å². The molecule has 0 radical (unpaired) electrons. The quantitative estimate of drug-likeness (QED) is 0.451. The van der Waals surface area contributed by atoms with Gasteiger partial charge in [0, 0.05) is 0 Å². The van der Waals surface area contributed by atoms with Gasteiger partial charge in [-0.1, -0.05) is 65.0 Å². The number of aliphatic hydroxyl groups is 1. The molecule has 3 unspecified atom stereocenters. The number of rotatable bonds is 6. The first-order valence-electron chi connectivity index (χ1n) is 13.2. The van der Waals surface area contributed by atoms with E-state index in [1.54, 1.807) is 0 Å². The van der Waals surface area contributed by atoms with Gasteiger partial charge in [-0.05, 0) is 105 Å². The van der Waals surface area contributed by atoms with Crippen LogP contribution in [0, 0.1) is 46.3 Å². The zero-order chi connectivity index (χ0) is 20.8. The molecule has 4 aliphatic carbocycles. The average molecular weight is 401 g/mol. The van der Waals surface area contributed by atoms with Crippen LogP contribution in [0.15, 0.2) is 11.6 Å². The number of allylic oxidation sites excluding steroid dienone is 2. The number of hydrogen-bond acceptors (Lipinski definition) is 1. The van der Waals surface area contributed by atoms with Gasteiger partial charge in [0.15, 0.2) is 0 Å². The van der Waals surface area contributed by atoms with Gasteiger partial charge in [0.2, 0.25) is 0 Å². The highest BCUT2D eigenvalue weighted by atomic mass is 16.3. The Bertz CT molecular complexity index is 605.